The summed E-state index contributed by atoms with van der Waals surface area (Å²) in [5.41, 5.74) is 1.14. The number of hydrogen-bond acceptors (Lipinski definition) is 4. The van der Waals surface area contributed by atoms with Gasteiger partial charge in [-0.05, 0) is 67.1 Å². The molecule has 1 atom stereocenters. The summed E-state index contributed by atoms with van der Waals surface area (Å²) >= 11 is 6.11. The van der Waals surface area contributed by atoms with Crippen LogP contribution in [0.1, 0.15) is 28.9 Å². The van der Waals surface area contributed by atoms with Gasteiger partial charge in [0.05, 0.1) is 18.2 Å². The summed E-state index contributed by atoms with van der Waals surface area (Å²) < 4.78 is 46.2. The molecule has 1 unspecified atom stereocenters. The Labute approximate surface area is 185 Å². The summed E-state index contributed by atoms with van der Waals surface area (Å²) in [5.74, 6) is -0.288. The third-order valence-corrected chi connectivity index (χ3v) is 6.41. The van der Waals surface area contributed by atoms with Gasteiger partial charge in [0.25, 0.3) is 15.9 Å². The van der Waals surface area contributed by atoms with E-state index < -0.39 is 22.0 Å². The molecular formula is C22H20ClFN2O4S. The molecule has 3 rings (SSSR count). The Balaban J connectivity index is 1.81. The van der Waals surface area contributed by atoms with Crippen LogP contribution < -0.4 is 14.8 Å². The molecule has 0 heterocycles. The molecule has 31 heavy (non-hydrogen) atoms. The molecule has 1 amide bonds. The van der Waals surface area contributed by atoms with Crippen LogP contribution in [0.4, 0.5) is 10.1 Å². The van der Waals surface area contributed by atoms with Gasteiger partial charge in [-0.2, -0.15) is 0 Å². The van der Waals surface area contributed by atoms with Crippen molar-refractivity contribution < 1.29 is 22.3 Å². The number of carbonyl (C=O) groups is 1. The average Bonchev–Trinajstić information content (AvgIpc) is 2.74. The van der Waals surface area contributed by atoms with E-state index in [0.29, 0.717) is 17.0 Å². The first-order valence-electron chi connectivity index (χ1n) is 9.22. The second-order valence-corrected chi connectivity index (χ2v) is 8.78. The molecule has 0 saturated heterocycles. The van der Waals surface area contributed by atoms with Gasteiger partial charge in [-0.3, -0.25) is 9.52 Å². The van der Waals surface area contributed by atoms with Crippen LogP contribution in [0.15, 0.2) is 71.6 Å². The molecule has 162 valence electrons. The number of amides is 1. The predicted octanol–water partition coefficient (Wildman–Crippen LogP) is 4.78. The standard InChI is InChI=1S/C22H20ClFN2O4S/c1-14(15-3-6-17(24)7-4-15)25-22(27)16-5-12-20(23)21(13-16)31(28,29)26-18-8-10-19(30-2)11-9-18/h3-14,26H,1-2H3,(H,25,27). The molecule has 0 bridgehead atoms. The molecule has 0 spiro atoms. The first kappa shape index (κ1) is 22.6. The van der Waals surface area contributed by atoms with E-state index >= 15 is 0 Å². The molecular weight excluding hydrogens is 443 g/mol. The summed E-state index contributed by atoms with van der Waals surface area (Å²) in [4.78, 5) is 12.4. The van der Waals surface area contributed by atoms with Crippen LogP contribution in [0.3, 0.4) is 0 Å². The van der Waals surface area contributed by atoms with E-state index in [1.54, 1.807) is 43.3 Å². The number of sulfonamides is 1. The Kier molecular flexibility index (Phi) is 6.82. The summed E-state index contributed by atoms with van der Waals surface area (Å²) in [5, 5.41) is 2.73. The highest BCUT2D eigenvalue weighted by Crippen LogP contribution is 2.26. The molecule has 9 heteroatoms. The Morgan fingerprint density at radius 1 is 1.03 bits per heavy atom. The summed E-state index contributed by atoms with van der Waals surface area (Å²) in [6.45, 7) is 1.74. The highest BCUT2D eigenvalue weighted by molar-refractivity contribution is 7.92. The maximum absolute atomic E-state index is 13.1. The number of rotatable bonds is 7. The lowest BCUT2D eigenvalue weighted by Gasteiger charge is -2.15. The smallest absolute Gasteiger partial charge is 0.263 e. The Morgan fingerprint density at radius 2 is 1.68 bits per heavy atom. The molecule has 0 radical (unpaired) electrons. The van der Waals surface area contributed by atoms with Crippen molar-refractivity contribution in [1.82, 2.24) is 5.32 Å². The second kappa shape index (κ2) is 9.36. The molecule has 3 aromatic rings. The van der Waals surface area contributed by atoms with E-state index in [1.165, 1.54) is 37.4 Å². The minimum absolute atomic E-state index is 0.0239. The van der Waals surface area contributed by atoms with E-state index in [-0.39, 0.29) is 21.3 Å². The van der Waals surface area contributed by atoms with Crippen LogP contribution in [0, 0.1) is 5.82 Å². The molecule has 0 aliphatic rings. The fourth-order valence-corrected chi connectivity index (χ4v) is 4.42. The summed E-state index contributed by atoms with van der Waals surface area (Å²) in [7, 11) is -2.54. The van der Waals surface area contributed by atoms with E-state index in [2.05, 4.69) is 10.0 Å². The first-order valence-corrected chi connectivity index (χ1v) is 11.1. The second-order valence-electron chi connectivity index (χ2n) is 6.73. The number of carbonyl (C=O) groups excluding carboxylic acids is 1. The minimum atomic E-state index is -4.05. The zero-order valence-electron chi connectivity index (χ0n) is 16.7. The lowest BCUT2D eigenvalue weighted by molar-refractivity contribution is 0.0939. The van der Waals surface area contributed by atoms with Crippen molar-refractivity contribution >= 4 is 33.2 Å². The number of anilines is 1. The van der Waals surface area contributed by atoms with Crippen molar-refractivity contribution in [2.75, 3.05) is 11.8 Å². The number of hydrogen-bond donors (Lipinski definition) is 2. The third-order valence-electron chi connectivity index (χ3n) is 4.54. The lowest BCUT2D eigenvalue weighted by Crippen LogP contribution is -2.27. The van der Waals surface area contributed by atoms with Gasteiger partial charge in [0.2, 0.25) is 0 Å². The summed E-state index contributed by atoms with van der Waals surface area (Å²) in [6.07, 6.45) is 0. The van der Waals surface area contributed by atoms with E-state index in [4.69, 9.17) is 16.3 Å². The summed E-state index contributed by atoms with van der Waals surface area (Å²) in [6, 6.07) is 15.6. The molecule has 2 N–H and O–H groups in total. The maximum Gasteiger partial charge on any atom is 0.263 e. The fourth-order valence-electron chi connectivity index (χ4n) is 2.83. The Morgan fingerprint density at radius 3 is 2.29 bits per heavy atom. The SMILES string of the molecule is COc1ccc(NS(=O)(=O)c2cc(C(=O)NC(C)c3ccc(F)cc3)ccc2Cl)cc1. The van der Waals surface area contributed by atoms with Gasteiger partial charge in [-0.1, -0.05) is 23.7 Å². The Bertz CT molecular complexity index is 1180. The van der Waals surface area contributed by atoms with Crippen molar-refractivity contribution in [2.24, 2.45) is 0 Å². The highest BCUT2D eigenvalue weighted by Gasteiger charge is 2.21. The van der Waals surface area contributed by atoms with Gasteiger partial charge in [-0.15, -0.1) is 0 Å². The quantitative estimate of drug-likeness (QED) is 0.529. The van der Waals surface area contributed by atoms with Crippen LogP contribution in [0.25, 0.3) is 0 Å². The minimum Gasteiger partial charge on any atom is -0.497 e. The number of ether oxygens (including phenoxy) is 1. The fraction of sp³-hybridized carbons (Fsp3) is 0.136. The first-order chi connectivity index (χ1) is 14.7. The normalized spacial score (nSPS) is 12.1. The molecule has 0 aliphatic carbocycles. The zero-order valence-corrected chi connectivity index (χ0v) is 18.3. The van der Waals surface area contributed by atoms with Gasteiger partial charge in [0.15, 0.2) is 0 Å². The van der Waals surface area contributed by atoms with Crippen molar-refractivity contribution in [3.05, 3.63) is 88.7 Å². The number of benzene rings is 3. The Hall–Kier alpha value is -3.10. The third kappa shape index (κ3) is 5.53. The molecule has 6 nitrogen and oxygen atoms in total. The predicted molar refractivity (Wildman–Crippen MR) is 118 cm³/mol. The van der Waals surface area contributed by atoms with Crippen molar-refractivity contribution in [3.63, 3.8) is 0 Å². The zero-order chi connectivity index (χ0) is 22.6. The van der Waals surface area contributed by atoms with Crippen LogP contribution >= 0.6 is 11.6 Å². The monoisotopic (exact) mass is 462 g/mol. The largest absolute Gasteiger partial charge is 0.497 e. The van der Waals surface area contributed by atoms with Crippen LogP contribution in [-0.2, 0) is 10.0 Å². The van der Waals surface area contributed by atoms with Gasteiger partial charge in [0.1, 0.15) is 16.5 Å². The van der Waals surface area contributed by atoms with Gasteiger partial charge < -0.3 is 10.1 Å². The molecule has 0 fully saturated rings. The lowest BCUT2D eigenvalue weighted by atomic mass is 10.1. The van der Waals surface area contributed by atoms with Crippen LogP contribution in [-0.4, -0.2) is 21.4 Å². The molecule has 0 saturated carbocycles. The van der Waals surface area contributed by atoms with Crippen LogP contribution in [0.2, 0.25) is 5.02 Å². The van der Waals surface area contributed by atoms with Gasteiger partial charge in [-0.25, -0.2) is 12.8 Å². The van der Waals surface area contributed by atoms with E-state index in [1.807, 2.05) is 0 Å². The number of nitrogens with one attached hydrogen (secondary N) is 2. The maximum atomic E-state index is 13.1. The average molecular weight is 463 g/mol. The van der Waals surface area contributed by atoms with Crippen LogP contribution in [0.5, 0.6) is 5.75 Å². The number of halogens is 2. The topological polar surface area (TPSA) is 84.5 Å². The number of methoxy groups -OCH3 is 1. The van der Waals surface area contributed by atoms with Crippen molar-refractivity contribution in [3.8, 4) is 5.75 Å². The molecule has 0 aromatic heterocycles. The van der Waals surface area contributed by atoms with E-state index in [9.17, 15) is 17.6 Å². The molecule has 0 aliphatic heterocycles. The highest BCUT2D eigenvalue weighted by atomic mass is 35.5. The van der Waals surface area contributed by atoms with Gasteiger partial charge in [0, 0.05) is 11.3 Å². The van der Waals surface area contributed by atoms with E-state index in [0.717, 1.165) is 0 Å². The van der Waals surface area contributed by atoms with Crippen molar-refractivity contribution in [2.45, 2.75) is 17.9 Å². The molecule has 3 aromatic carbocycles. The van der Waals surface area contributed by atoms with Gasteiger partial charge >= 0.3 is 0 Å². The van der Waals surface area contributed by atoms with Crippen molar-refractivity contribution in [1.29, 1.82) is 0 Å².